The summed E-state index contributed by atoms with van der Waals surface area (Å²) in [5.41, 5.74) is -0.971. The summed E-state index contributed by atoms with van der Waals surface area (Å²) in [6, 6.07) is 5.08. The van der Waals surface area contributed by atoms with Gasteiger partial charge in [0.05, 0.1) is 17.8 Å². The molecule has 0 bridgehead atoms. The van der Waals surface area contributed by atoms with Crippen molar-refractivity contribution in [2.45, 2.75) is 25.4 Å². The van der Waals surface area contributed by atoms with Gasteiger partial charge in [0.15, 0.2) is 0 Å². The second kappa shape index (κ2) is 5.91. The van der Waals surface area contributed by atoms with Gasteiger partial charge in [0.25, 0.3) is 0 Å². The van der Waals surface area contributed by atoms with E-state index in [0.717, 1.165) is 19.2 Å². The third kappa shape index (κ3) is 3.27. The van der Waals surface area contributed by atoms with Crippen molar-refractivity contribution in [1.82, 2.24) is 4.90 Å². The number of carbonyl (C=O) groups is 1. The Morgan fingerprint density at radius 3 is 2.45 bits per heavy atom. The molecule has 1 aromatic carbocycles. The molecule has 1 saturated heterocycles. The molecule has 3 nitrogen and oxygen atoms in total. The first kappa shape index (κ1) is 15.3. The van der Waals surface area contributed by atoms with Crippen LogP contribution in [0, 0.1) is 11.8 Å². The highest BCUT2D eigenvalue weighted by Gasteiger charge is 2.37. The predicted molar refractivity (Wildman–Crippen MR) is 77.3 cm³/mol. The fraction of sp³-hybridized carbons (Fsp3) is 0.562. The maximum absolute atomic E-state index is 12.9. The Morgan fingerprint density at radius 1 is 1.18 bits per heavy atom. The Bertz CT molecular complexity index is 547. The number of carbonyl (C=O) groups excluding carboxylic acids is 1. The van der Waals surface area contributed by atoms with Gasteiger partial charge in [0.2, 0.25) is 5.91 Å². The van der Waals surface area contributed by atoms with Gasteiger partial charge < -0.3 is 5.32 Å². The van der Waals surface area contributed by atoms with Crippen molar-refractivity contribution in [3.63, 3.8) is 0 Å². The Labute approximate surface area is 127 Å². The largest absolute Gasteiger partial charge is 0.418 e. The van der Waals surface area contributed by atoms with E-state index in [0.29, 0.717) is 11.8 Å². The van der Waals surface area contributed by atoms with Crippen LogP contribution >= 0.6 is 0 Å². The van der Waals surface area contributed by atoms with Gasteiger partial charge in [-0.15, -0.1) is 0 Å². The summed E-state index contributed by atoms with van der Waals surface area (Å²) in [7, 11) is 0. The fourth-order valence-corrected chi connectivity index (χ4v) is 3.69. The van der Waals surface area contributed by atoms with Gasteiger partial charge in [-0.05, 0) is 36.8 Å². The predicted octanol–water partition coefficient (Wildman–Crippen LogP) is 3.38. The van der Waals surface area contributed by atoms with Gasteiger partial charge in [0.1, 0.15) is 0 Å². The van der Waals surface area contributed by atoms with Crippen molar-refractivity contribution < 1.29 is 18.0 Å². The number of halogens is 3. The molecule has 2 atom stereocenters. The van der Waals surface area contributed by atoms with E-state index in [4.69, 9.17) is 0 Å². The van der Waals surface area contributed by atoms with Gasteiger partial charge in [-0.3, -0.25) is 9.69 Å². The molecule has 2 aliphatic rings. The van der Waals surface area contributed by atoms with Gasteiger partial charge in [-0.1, -0.05) is 18.6 Å². The summed E-state index contributed by atoms with van der Waals surface area (Å²) in [6.07, 6.45) is -0.789. The van der Waals surface area contributed by atoms with Crippen LogP contribution in [0.3, 0.4) is 0 Å². The number of likely N-dealkylation sites (tertiary alicyclic amines) is 1. The lowest BCUT2D eigenvalue weighted by molar-refractivity contribution is -0.137. The molecule has 2 fully saturated rings. The lowest BCUT2D eigenvalue weighted by Crippen LogP contribution is -2.32. The molecule has 2 unspecified atom stereocenters. The average molecular weight is 312 g/mol. The van der Waals surface area contributed by atoms with Crippen LogP contribution in [-0.2, 0) is 11.0 Å². The number of anilines is 1. The van der Waals surface area contributed by atoms with Crippen LogP contribution in [-0.4, -0.2) is 30.4 Å². The van der Waals surface area contributed by atoms with Gasteiger partial charge in [-0.2, -0.15) is 13.2 Å². The first-order chi connectivity index (χ1) is 10.4. The van der Waals surface area contributed by atoms with E-state index >= 15 is 0 Å². The molecule has 1 aliphatic heterocycles. The van der Waals surface area contributed by atoms with Crippen LogP contribution in [0.5, 0.6) is 0 Å². The number of alkyl halides is 3. The molecule has 1 aromatic rings. The quantitative estimate of drug-likeness (QED) is 0.928. The van der Waals surface area contributed by atoms with Crippen molar-refractivity contribution >= 4 is 11.6 Å². The van der Waals surface area contributed by atoms with Crippen molar-refractivity contribution in [1.29, 1.82) is 0 Å². The number of hydrogen-bond donors (Lipinski definition) is 1. The lowest BCUT2D eigenvalue weighted by Gasteiger charge is -2.18. The monoisotopic (exact) mass is 312 g/mol. The zero-order valence-electron chi connectivity index (χ0n) is 12.2. The summed E-state index contributed by atoms with van der Waals surface area (Å²) in [5, 5.41) is 2.41. The van der Waals surface area contributed by atoms with Crippen LogP contribution in [0.25, 0.3) is 0 Å². The van der Waals surface area contributed by atoms with Crippen molar-refractivity contribution in [3.05, 3.63) is 29.8 Å². The van der Waals surface area contributed by atoms with Crippen LogP contribution in [0.15, 0.2) is 24.3 Å². The summed E-state index contributed by atoms with van der Waals surface area (Å²) in [5.74, 6) is 0.946. The second-order valence-electron chi connectivity index (χ2n) is 6.24. The summed E-state index contributed by atoms with van der Waals surface area (Å²) >= 11 is 0. The van der Waals surface area contributed by atoms with Gasteiger partial charge in [-0.25, -0.2) is 0 Å². The fourth-order valence-electron chi connectivity index (χ4n) is 3.69. The number of benzene rings is 1. The molecule has 6 heteroatoms. The Hall–Kier alpha value is -1.56. The van der Waals surface area contributed by atoms with Crippen LogP contribution < -0.4 is 5.32 Å². The third-order valence-electron chi connectivity index (χ3n) is 4.68. The first-order valence-electron chi connectivity index (χ1n) is 7.62. The Balaban J connectivity index is 1.61. The second-order valence-corrected chi connectivity index (χ2v) is 6.24. The number of nitrogens with zero attached hydrogens (tertiary/aromatic N) is 1. The summed E-state index contributed by atoms with van der Waals surface area (Å²) < 4.78 is 38.7. The molecule has 120 valence electrons. The van der Waals surface area contributed by atoms with Crippen molar-refractivity contribution in [3.8, 4) is 0 Å². The number of hydrogen-bond acceptors (Lipinski definition) is 2. The molecule has 1 saturated carbocycles. The van der Waals surface area contributed by atoms with E-state index < -0.39 is 11.7 Å². The van der Waals surface area contributed by atoms with E-state index in [1.807, 2.05) is 0 Å². The van der Waals surface area contributed by atoms with Crippen molar-refractivity contribution in [2.24, 2.45) is 11.8 Å². The molecule has 0 aromatic heterocycles. The van der Waals surface area contributed by atoms with E-state index in [1.165, 1.54) is 37.5 Å². The molecule has 1 amide bonds. The van der Waals surface area contributed by atoms with E-state index in [2.05, 4.69) is 10.2 Å². The van der Waals surface area contributed by atoms with Crippen LogP contribution in [0.2, 0.25) is 0 Å². The SMILES string of the molecule is O=C(CN1CC2CCCC2C1)Nc1ccccc1C(F)(F)F. The average Bonchev–Trinajstić information content (AvgIpc) is 2.98. The van der Waals surface area contributed by atoms with E-state index in [-0.39, 0.29) is 18.1 Å². The van der Waals surface area contributed by atoms with Crippen LogP contribution in [0.1, 0.15) is 24.8 Å². The normalized spacial score (nSPS) is 25.2. The summed E-state index contributed by atoms with van der Waals surface area (Å²) in [6.45, 7) is 1.94. The number of amides is 1. The molecule has 0 spiro atoms. The third-order valence-corrected chi connectivity index (χ3v) is 4.68. The highest BCUT2D eigenvalue weighted by Crippen LogP contribution is 2.38. The maximum Gasteiger partial charge on any atom is 0.418 e. The molecule has 1 aliphatic carbocycles. The highest BCUT2D eigenvalue weighted by atomic mass is 19.4. The minimum absolute atomic E-state index is 0.166. The van der Waals surface area contributed by atoms with Gasteiger partial charge in [0, 0.05) is 13.1 Å². The van der Waals surface area contributed by atoms with Crippen molar-refractivity contribution in [2.75, 3.05) is 25.0 Å². The topological polar surface area (TPSA) is 32.3 Å². The zero-order valence-corrected chi connectivity index (χ0v) is 12.2. The zero-order chi connectivity index (χ0) is 15.7. The Kier molecular flexibility index (Phi) is 4.12. The van der Waals surface area contributed by atoms with E-state index in [9.17, 15) is 18.0 Å². The number of nitrogens with one attached hydrogen (secondary N) is 1. The summed E-state index contributed by atoms with van der Waals surface area (Å²) in [4.78, 5) is 14.1. The maximum atomic E-state index is 12.9. The smallest absolute Gasteiger partial charge is 0.324 e. The minimum atomic E-state index is -4.46. The number of para-hydroxylation sites is 1. The highest BCUT2D eigenvalue weighted by molar-refractivity contribution is 5.93. The molecule has 0 radical (unpaired) electrons. The molecule has 1 N–H and O–H groups in total. The minimum Gasteiger partial charge on any atom is -0.324 e. The Morgan fingerprint density at radius 2 is 1.82 bits per heavy atom. The molecule has 1 heterocycles. The molecular formula is C16H19F3N2O. The molecule has 3 rings (SSSR count). The van der Waals surface area contributed by atoms with Crippen LogP contribution in [0.4, 0.5) is 18.9 Å². The molecular weight excluding hydrogens is 293 g/mol. The number of rotatable bonds is 3. The standard InChI is InChI=1S/C16H19F3N2O/c17-16(18,19)13-6-1-2-7-14(13)20-15(22)10-21-8-11-4-3-5-12(11)9-21/h1-2,6-7,11-12H,3-5,8-10H2,(H,20,22). The first-order valence-corrected chi connectivity index (χ1v) is 7.62. The molecule has 22 heavy (non-hydrogen) atoms. The lowest BCUT2D eigenvalue weighted by atomic mass is 10.0. The van der Waals surface area contributed by atoms with Gasteiger partial charge >= 0.3 is 6.18 Å². The van der Waals surface area contributed by atoms with E-state index in [1.54, 1.807) is 0 Å². The number of fused-ring (bicyclic) bond motifs is 1.